The molecule has 0 aliphatic carbocycles. The van der Waals surface area contributed by atoms with Gasteiger partial charge in [0.05, 0.1) is 6.54 Å². The fourth-order valence-corrected chi connectivity index (χ4v) is 3.60. The lowest BCUT2D eigenvalue weighted by molar-refractivity contribution is 0.174. The summed E-state index contributed by atoms with van der Waals surface area (Å²) in [6, 6.07) is 15.8. The maximum atomic E-state index is 5.86. The second-order valence-corrected chi connectivity index (χ2v) is 6.88. The van der Waals surface area contributed by atoms with E-state index >= 15 is 0 Å². The smallest absolute Gasteiger partial charge is 0.231 e. The highest BCUT2D eigenvalue weighted by atomic mass is 32.2. The van der Waals surface area contributed by atoms with Gasteiger partial charge in [0.25, 0.3) is 0 Å². The summed E-state index contributed by atoms with van der Waals surface area (Å²) in [7, 11) is 0. The Balaban J connectivity index is 1.29. The minimum Gasteiger partial charge on any atom is -0.455 e. The number of hydrogen-bond donors (Lipinski definition) is 1. The van der Waals surface area contributed by atoms with Gasteiger partial charge in [-0.1, -0.05) is 36.0 Å². The molecule has 7 heteroatoms. The summed E-state index contributed by atoms with van der Waals surface area (Å²) >= 11 is 1.61. The minimum atomic E-state index is 0.282. The van der Waals surface area contributed by atoms with Crippen LogP contribution < -0.4 is 14.9 Å². The highest BCUT2D eigenvalue weighted by molar-refractivity contribution is 8.14. The number of para-hydroxylation sites is 1. The molecule has 5 rings (SSSR count). The summed E-state index contributed by atoms with van der Waals surface area (Å²) < 4.78 is 16.6. The number of ether oxygens (including phenoxy) is 2. The van der Waals surface area contributed by atoms with Gasteiger partial charge in [0.1, 0.15) is 11.3 Å². The molecule has 0 amide bonds. The Hall–Kier alpha value is -2.93. The van der Waals surface area contributed by atoms with E-state index in [1.165, 1.54) is 0 Å². The van der Waals surface area contributed by atoms with Crippen molar-refractivity contribution in [3.8, 4) is 11.5 Å². The van der Waals surface area contributed by atoms with Crippen LogP contribution in [-0.2, 0) is 6.54 Å². The molecule has 1 N–H and O–H groups in total. The molecule has 130 valence electrons. The van der Waals surface area contributed by atoms with E-state index in [2.05, 4.69) is 15.5 Å². The Labute approximate surface area is 153 Å². The predicted molar refractivity (Wildman–Crippen MR) is 102 cm³/mol. The van der Waals surface area contributed by atoms with Gasteiger partial charge in [-0.05, 0) is 29.8 Å². The monoisotopic (exact) mass is 365 g/mol. The van der Waals surface area contributed by atoms with Gasteiger partial charge in [-0.15, -0.1) is 0 Å². The van der Waals surface area contributed by atoms with Crippen LogP contribution in [0.5, 0.6) is 11.5 Å². The molecular weight excluding hydrogens is 350 g/mol. The maximum Gasteiger partial charge on any atom is 0.231 e. The molecule has 0 fully saturated rings. The molecule has 3 aromatic rings. The van der Waals surface area contributed by atoms with Crippen molar-refractivity contribution in [3.63, 3.8) is 0 Å². The van der Waals surface area contributed by atoms with Crippen LogP contribution >= 0.6 is 11.8 Å². The standard InChI is InChI=1S/C19H15N3O3S/c1-2-4-15-13(3-1)8-17(25-15)14-10-26-19(22-21-14)20-9-12-5-6-16-18(7-12)24-11-23-16/h1-8H,9-11H2,(H,20,22). The van der Waals surface area contributed by atoms with Crippen LogP contribution in [0.1, 0.15) is 11.3 Å². The number of rotatable bonds is 3. The van der Waals surface area contributed by atoms with Crippen LogP contribution in [0.4, 0.5) is 0 Å². The third kappa shape index (κ3) is 2.90. The van der Waals surface area contributed by atoms with Crippen molar-refractivity contribution in [2.75, 3.05) is 12.5 Å². The van der Waals surface area contributed by atoms with Crippen LogP contribution in [0.25, 0.3) is 11.0 Å². The number of fused-ring (bicyclic) bond motifs is 2. The van der Waals surface area contributed by atoms with Gasteiger partial charge in [-0.3, -0.25) is 10.4 Å². The van der Waals surface area contributed by atoms with E-state index in [9.17, 15) is 0 Å². The second-order valence-electron chi connectivity index (χ2n) is 5.92. The number of hydrogen-bond acceptors (Lipinski definition) is 6. The lowest BCUT2D eigenvalue weighted by Crippen LogP contribution is -2.25. The van der Waals surface area contributed by atoms with Gasteiger partial charge in [0.15, 0.2) is 22.4 Å². The Bertz CT molecular complexity index is 1010. The molecule has 1 aromatic heterocycles. The molecule has 2 aliphatic rings. The molecule has 2 aliphatic heterocycles. The zero-order valence-corrected chi connectivity index (χ0v) is 14.6. The first-order chi connectivity index (χ1) is 12.8. The summed E-state index contributed by atoms with van der Waals surface area (Å²) in [4.78, 5) is 4.58. The number of hydrazone groups is 1. The molecule has 3 heterocycles. The Morgan fingerprint density at radius 3 is 2.88 bits per heavy atom. The van der Waals surface area contributed by atoms with E-state index in [1.807, 2.05) is 48.5 Å². The number of nitrogens with one attached hydrogen (secondary N) is 1. The number of nitrogens with zero attached hydrogens (tertiary/aromatic N) is 2. The molecule has 0 bridgehead atoms. The van der Waals surface area contributed by atoms with Crippen molar-refractivity contribution < 1.29 is 13.9 Å². The Morgan fingerprint density at radius 2 is 2.00 bits per heavy atom. The summed E-state index contributed by atoms with van der Waals surface area (Å²) in [5.74, 6) is 3.07. The highest BCUT2D eigenvalue weighted by Crippen LogP contribution is 2.32. The highest BCUT2D eigenvalue weighted by Gasteiger charge is 2.17. The van der Waals surface area contributed by atoms with Crippen molar-refractivity contribution in [1.82, 2.24) is 5.43 Å². The van der Waals surface area contributed by atoms with Crippen LogP contribution in [-0.4, -0.2) is 23.4 Å². The van der Waals surface area contributed by atoms with Crippen molar-refractivity contribution in [1.29, 1.82) is 0 Å². The second kappa shape index (κ2) is 6.42. The third-order valence-corrected chi connectivity index (χ3v) is 5.10. The molecule has 0 saturated carbocycles. The van der Waals surface area contributed by atoms with Crippen molar-refractivity contribution in [3.05, 3.63) is 59.9 Å². The van der Waals surface area contributed by atoms with Crippen LogP contribution in [0.2, 0.25) is 0 Å². The Morgan fingerprint density at radius 1 is 1.08 bits per heavy atom. The third-order valence-electron chi connectivity index (χ3n) is 4.18. The van der Waals surface area contributed by atoms with Crippen LogP contribution in [0.15, 0.2) is 63.0 Å². The van der Waals surface area contributed by atoms with Crippen LogP contribution in [0, 0.1) is 0 Å². The molecule has 2 aromatic carbocycles. The first-order valence-electron chi connectivity index (χ1n) is 8.22. The maximum absolute atomic E-state index is 5.86. The van der Waals surface area contributed by atoms with Crippen molar-refractivity contribution in [2.45, 2.75) is 6.54 Å². The molecule has 0 spiro atoms. The van der Waals surface area contributed by atoms with E-state index in [4.69, 9.17) is 13.9 Å². The number of thioether (sulfide) groups is 1. The predicted octanol–water partition coefficient (Wildman–Crippen LogP) is 3.76. The minimum absolute atomic E-state index is 0.282. The van der Waals surface area contributed by atoms with E-state index in [-0.39, 0.29) is 6.79 Å². The number of amidine groups is 1. The lowest BCUT2D eigenvalue weighted by Gasteiger charge is -2.13. The van der Waals surface area contributed by atoms with E-state index in [1.54, 1.807) is 11.8 Å². The molecule has 0 atom stereocenters. The largest absolute Gasteiger partial charge is 0.455 e. The van der Waals surface area contributed by atoms with E-state index in [0.29, 0.717) is 12.3 Å². The van der Waals surface area contributed by atoms with Gasteiger partial charge in [0.2, 0.25) is 6.79 Å². The first kappa shape index (κ1) is 15.3. The quantitative estimate of drug-likeness (QED) is 0.765. The zero-order valence-electron chi connectivity index (χ0n) is 13.8. The van der Waals surface area contributed by atoms with Crippen molar-refractivity contribution in [2.24, 2.45) is 10.1 Å². The van der Waals surface area contributed by atoms with Gasteiger partial charge < -0.3 is 13.9 Å². The molecule has 6 nitrogen and oxygen atoms in total. The van der Waals surface area contributed by atoms with Crippen molar-refractivity contribution >= 4 is 33.6 Å². The zero-order chi connectivity index (χ0) is 17.3. The molecule has 0 radical (unpaired) electrons. The topological polar surface area (TPSA) is 68.4 Å². The molecular formula is C19H15N3O3S. The first-order valence-corrected chi connectivity index (χ1v) is 9.21. The summed E-state index contributed by atoms with van der Waals surface area (Å²) in [6.07, 6.45) is 0. The number of furan rings is 1. The average Bonchev–Trinajstić information content (AvgIpc) is 3.33. The van der Waals surface area contributed by atoms with E-state index in [0.717, 1.165) is 44.7 Å². The fraction of sp³-hybridized carbons (Fsp3) is 0.158. The summed E-state index contributed by atoms with van der Waals surface area (Å²) in [5.41, 5.74) is 5.84. The number of benzene rings is 2. The van der Waals surface area contributed by atoms with Gasteiger partial charge >= 0.3 is 0 Å². The lowest BCUT2D eigenvalue weighted by atomic mass is 10.2. The molecule has 0 saturated heterocycles. The van der Waals surface area contributed by atoms with Gasteiger partial charge in [0, 0.05) is 11.1 Å². The number of aliphatic imine (C=N–C) groups is 1. The SMILES string of the molecule is c1ccc2oc(C3=NNC(=NCc4ccc5c(c4)OCO5)SC3)cc2c1. The Kier molecular flexibility index (Phi) is 3.79. The van der Waals surface area contributed by atoms with Gasteiger partial charge in [-0.2, -0.15) is 5.10 Å². The summed E-state index contributed by atoms with van der Waals surface area (Å²) in [6.45, 7) is 0.839. The molecule has 0 unspecified atom stereocenters. The van der Waals surface area contributed by atoms with E-state index < -0.39 is 0 Å². The average molecular weight is 365 g/mol. The van der Waals surface area contributed by atoms with Gasteiger partial charge in [-0.25, -0.2) is 0 Å². The fourth-order valence-electron chi connectivity index (χ4n) is 2.85. The van der Waals surface area contributed by atoms with Crippen LogP contribution in [0.3, 0.4) is 0 Å². The summed E-state index contributed by atoms with van der Waals surface area (Å²) in [5, 5.41) is 6.30. The normalized spacial score (nSPS) is 17.4. The molecule has 26 heavy (non-hydrogen) atoms.